The van der Waals surface area contributed by atoms with Gasteiger partial charge in [-0.25, -0.2) is 39.9 Å². The third kappa shape index (κ3) is 28.4. The Morgan fingerprint density at radius 2 is 0.887 bits per heavy atom. The third-order valence-electron chi connectivity index (χ3n) is 15.6. The molecule has 12 heterocycles. The molecular formula is C89H102N14OS2. The van der Waals surface area contributed by atoms with Crippen LogP contribution in [0.3, 0.4) is 0 Å². The molecule has 0 saturated carbocycles. The normalized spacial score (nSPS) is 10.2. The van der Waals surface area contributed by atoms with Gasteiger partial charge in [-0.15, -0.1) is 22.7 Å². The Bertz CT molecular complexity index is 4870. The van der Waals surface area contributed by atoms with Gasteiger partial charge in [-0.1, -0.05) is 83.9 Å². The maximum absolute atomic E-state index is 5.45. The summed E-state index contributed by atoms with van der Waals surface area (Å²) in [6.45, 7) is 44.6. The highest BCUT2D eigenvalue weighted by atomic mass is 32.1. The van der Waals surface area contributed by atoms with Crippen molar-refractivity contribution in [2.24, 2.45) is 0 Å². The van der Waals surface area contributed by atoms with Gasteiger partial charge in [-0.05, 0) is 288 Å². The first-order chi connectivity index (χ1) is 50.5. The van der Waals surface area contributed by atoms with Crippen LogP contribution < -0.4 is 0 Å². The highest BCUT2D eigenvalue weighted by Gasteiger charge is 2.04. The topological polar surface area (TPSA) is 202 Å². The molecule has 0 bridgehead atoms. The fourth-order valence-electron chi connectivity index (χ4n) is 10.7. The van der Waals surface area contributed by atoms with Crippen molar-refractivity contribution in [3.8, 4) is 0 Å². The number of pyridine rings is 3. The Morgan fingerprint density at radius 3 is 1.47 bits per heavy atom. The number of aryl methyl sites for hydroxylation is 22. The van der Waals surface area contributed by atoms with E-state index < -0.39 is 0 Å². The van der Waals surface area contributed by atoms with Crippen LogP contribution in [0.25, 0.3) is 65.2 Å². The van der Waals surface area contributed by atoms with Gasteiger partial charge in [-0.2, -0.15) is 0 Å². The highest BCUT2D eigenvalue weighted by Crippen LogP contribution is 2.26. The molecule has 17 heteroatoms. The van der Waals surface area contributed by atoms with Crippen LogP contribution in [0.1, 0.15) is 122 Å². The van der Waals surface area contributed by atoms with Crippen molar-refractivity contribution in [3.63, 3.8) is 0 Å². The van der Waals surface area contributed by atoms with Crippen molar-refractivity contribution >= 4 is 87.9 Å². The second-order valence-corrected chi connectivity index (χ2v) is 29.2. The maximum Gasteiger partial charge on any atom is 0.181 e. The molecule has 546 valence electrons. The van der Waals surface area contributed by atoms with Crippen LogP contribution in [-0.2, 0) is 0 Å². The van der Waals surface area contributed by atoms with Crippen LogP contribution in [0.4, 0.5) is 0 Å². The zero-order valence-corrected chi connectivity index (χ0v) is 67.3. The first-order valence-electron chi connectivity index (χ1n) is 35.2. The molecule has 0 unspecified atom stereocenters. The van der Waals surface area contributed by atoms with E-state index >= 15 is 0 Å². The van der Waals surface area contributed by atoms with Gasteiger partial charge in [0.25, 0.3) is 0 Å². The number of fused-ring (bicyclic) bond motifs is 6. The average molecular weight is 1450 g/mol. The minimum Gasteiger partial charge on any atom is -0.461 e. The van der Waals surface area contributed by atoms with E-state index in [1.807, 2.05) is 154 Å². The largest absolute Gasteiger partial charge is 0.461 e. The second-order valence-electron chi connectivity index (χ2n) is 26.4. The molecule has 3 N–H and O–H groups in total. The van der Waals surface area contributed by atoms with E-state index in [9.17, 15) is 0 Å². The SMILES string of the molecule is Cc1cc2nc(C)[nH]c2cn1.Cc1ccc(C)s1.Cc1ccc2cc(C)[nH]c2c1.Cc1ccc2cc(C)oc2c1.Cc1ccc2cc(C)sc2c1.Cc1ccc2nc(C)[nH]c2c1.Cc1cccc(C)c1.Cc1cccc(C)n1.Cc1ccnc(C)c1.Cc1ccnc(C)n1.Cc1cnc2ncnc(C)c2n1. The van der Waals surface area contributed by atoms with E-state index in [2.05, 4.69) is 273 Å². The monoisotopic (exact) mass is 1450 g/mol. The van der Waals surface area contributed by atoms with Crippen LogP contribution in [0.15, 0.2) is 205 Å². The molecule has 0 radical (unpaired) electrons. The molecule has 0 atom stereocenters. The summed E-state index contributed by atoms with van der Waals surface area (Å²) in [5.41, 5.74) is 25.2. The Hall–Kier alpha value is -11.3. The molecule has 17 aromatic rings. The van der Waals surface area contributed by atoms with Crippen LogP contribution in [0, 0.1) is 152 Å². The van der Waals surface area contributed by atoms with Crippen LogP contribution >= 0.6 is 22.7 Å². The Balaban J connectivity index is 0.000000163. The summed E-state index contributed by atoms with van der Waals surface area (Å²) in [7, 11) is 0. The number of furan rings is 1. The molecule has 0 amide bonds. The van der Waals surface area contributed by atoms with Gasteiger partial charge in [0, 0.05) is 76.8 Å². The van der Waals surface area contributed by atoms with Gasteiger partial charge in [-0.3, -0.25) is 15.0 Å². The first kappa shape index (κ1) is 82.0. The minimum absolute atomic E-state index is 0.660. The fraction of sp³-hybridized carbons (Fsp3) is 0.247. The summed E-state index contributed by atoms with van der Waals surface area (Å²) in [4.78, 5) is 59.2. The number of aromatic nitrogens is 14. The molecule has 15 nitrogen and oxygen atoms in total. The Kier molecular flexibility index (Phi) is 31.5. The van der Waals surface area contributed by atoms with E-state index in [0.717, 1.165) is 96.3 Å². The van der Waals surface area contributed by atoms with Crippen LogP contribution in [0.5, 0.6) is 0 Å². The number of imidazole rings is 2. The summed E-state index contributed by atoms with van der Waals surface area (Å²) in [5.74, 6) is 3.73. The van der Waals surface area contributed by atoms with Crippen LogP contribution in [0.2, 0.25) is 0 Å². The number of aromatic amines is 3. The van der Waals surface area contributed by atoms with Crippen molar-refractivity contribution in [2.75, 3.05) is 0 Å². The standard InChI is InChI=1S/C10H11N.C10H10O.C10H10S.C9H10N2.C8H8N4.C8H9N3.C8H10.2C7H9N.C6H8N2.C6H8S/c3*1-7-3-4-9-6-8(2)11-10(9)5-7;1-6-3-4-8-9(5-6)11-7(2)10-8;1-5-3-9-8-7(12-5)6(2)10-4-11-8;1-5-3-7-8(4-9-5)11-6(2)10-7;1-7-4-3-5-8(2)6-7;1-6-3-4-8-7(2)5-6;1-6-4-3-5-7(2)8-6;1-5-3-4-7-6(2)8-5;1-5-3-4-6(2)7-5/h3-6,11H,1-2H3;2*3-6H,1-2H3;3-5H,1-2H3,(H,10,11);3-4H,1-2H3;3-4H,1-2H3,(H,10,11);3-6H,1-2H3;2*3-5H,1-2H3;3-4H,1-2H3;3-4H,1-2H3. The summed E-state index contributed by atoms with van der Waals surface area (Å²) in [6.07, 6.45) is 8.60. The lowest BCUT2D eigenvalue weighted by Crippen LogP contribution is -1.94. The van der Waals surface area contributed by atoms with E-state index in [1.165, 1.54) is 92.0 Å². The van der Waals surface area contributed by atoms with Crippen molar-refractivity contribution in [1.82, 2.24) is 69.8 Å². The smallest absolute Gasteiger partial charge is 0.181 e. The first-order valence-corrected chi connectivity index (χ1v) is 36.9. The zero-order valence-electron chi connectivity index (χ0n) is 65.7. The summed E-state index contributed by atoms with van der Waals surface area (Å²) in [5, 5.41) is 3.86. The van der Waals surface area contributed by atoms with Gasteiger partial charge in [0.1, 0.15) is 40.7 Å². The van der Waals surface area contributed by atoms with Crippen LogP contribution in [-0.4, -0.2) is 69.8 Å². The van der Waals surface area contributed by atoms with Gasteiger partial charge in [0.15, 0.2) is 5.65 Å². The van der Waals surface area contributed by atoms with E-state index in [4.69, 9.17) is 4.42 Å². The number of rotatable bonds is 0. The number of hydrogen-bond acceptors (Lipinski definition) is 14. The van der Waals surface area contributed by atoms with Crippen molar-refractivity contribution in [3.05, 3.63) is 323 Å². The number of nitrogens with one attached hydrogen (secondary N) is 3. The van der Waals surface area contributed by atoms with Gasteiger partial charge >= 0.3 is 0 Å². The van der Waals surface area contributed by atoms with E-state index in [1.54, 1.807) is 12.4 Å². The average Bonchev–Trinajstić information content (AvgIpc) is 1.45. The Labute approximate surface area is 633 Å². The number of benzene rings is 5. The molecule has 106 heavy (non-hydrogen) atoms. The minimum atomic E-state index is 0.660. The fourth-order valence-corrected chi connectivity index (χ4v) is 12.5. The number of hydrogen-bond donors (Lipinski definition) is 3. The lowest BCUT2D eigenvalue weighted by atomic mass is 10.2. The summed E-state index contributed by atoms with van der Waals surface area (Å²) < 4.78 is 6.85. The molecule has 0 fully saturated rings. The lowest BCUT2D eigenvalue weighted by molar-refractivity contribution is 0.578. The van der Waals surface area contributed by atoms with E-state index in [-0.39, 0.29) is 0 Å². The lowest BCUT2D eigenvalue weighted by Gasteiger charge is -1.98. The van der Waals surface area contributed by atoms with Crippen molar-refractivity contribution in [1.29, 1.82) is 0 Å². The molecule has 0 aliphatic rings. The molecule has 17 rings (SSSR count). The quantitative estimate of drug-likeness (QED) is 0.130. The summed E-state index contributed by atoms with van der Waals surface area (Å²) in [6, 6.07) is 58.6. The zero-order chi connectivity index (χ0) is 77.0. The molecule has 5 aromatic carbocycles. The van der Waals surface area contributed by atoms with Crippen molar-refractivity contribution < 1.29 is 4.42 Å². The molecular weight excluding hydrogens is 1350 g/mol. The summed E-state index contributed by atoms with van der Waals surface area (Å²) >= 11 is 3.71. The van der Waals surface area contributed by atoms with Gasteiger partial charge in [0.05, 0.1) is 45.8 Å². The molecule has 0 saturated heterocycles. The molecule has 0 aliphatic heterocycles. The number of nitrogens with zero attached hydrogens (tertiary/aromatic N) is 11. The van der Waals surface area contributed by atoms with Gasteiger partial charge < -0.3 is 19.4 Å². The Morgan fingerprint density at radius 1 is 0.321 bits per heavy atom. The number of thiophene rings is 2. The molecule has 0 spiro atoms. The predicted molar refractivity (Wildman–Crippen MR) is 447 cm³/mol. The van der Waals surface area contributed by atoms with Crippen molar-refractivity contribution in [2.45, 2.75) is 152 Å². The third-order valence-corrected chi connectivity index (χ3v) is 17.5. The molecule has 12 aromatic heterocycles. The van der Waals surface area contributed by atoms with Gasteiger partial charge in [0.2, 0.25) is 0 Å². The predicted octanol–water partition coefficient (Wildman–Crippen LogP) is 23.3. The number of H-pyrrole nitrogens is 3. The van der Waals surface area contributed by atoms with E-state index in [0.29, 0.717) is 5.65 Å². The maximum atomic E-state index is 5.45. The molecule has 0 aliphatic carbocycles. The second kappa shape index (κ2) is 40.7. The highest BCUT2D eigenvalue weighted by molar-refractivity contribution is 7.19.